The first-order chi connectivity index (χ1) is 9.34. The molecule has 0 radical (unpaired) electrons. The Morgan fingerprint density at radius 3 is 2.95 bits per heavy atom. The minimum Gasteiger partial charge on any atom is -0.338 e. The number of thiazole rings is 1. The van der Waals surface area contributed by atoms with Gasteiger partial charge in [0.2, 0.25) is 0 Å². The molecule has 1 aliphatic rings. The van der Waals surface area contributed by atoms with Crippen LogP contribution in [0.4, 0.5) is 0 Å². The van der Waals surface area contributed by atoms with E-state index in [4.69, 9.17) is 0 Å². The zero-order valence-electron chi connectivity index (χ0n) is 10.4. The zero-order chi connectivity index (χ0) is 13.1. The van der Waals surface area contributed by atoms with Gasteiger partial charge < -0.3 is 4.90 Å². The second-order valence-electron chi connectivity index (χ2n) is 4.59. The highest BCUT2D eigenvalue weighted by Gasteiger charge is 2.26. The molecule has 3 rings (SSSR count). The summed E-state index contributed by atoms with van der Waals surface area (Å²) in [6.07, 6.45) is 8.52. The zero-order valence-corrected chi connectivity index (χ0v) is 11.2. The molecule has 1 amide bonds. The van der Waals surface area contributed by atoms with Crippen LogP contribution in [0.5, 0.6) is 0 Å². The molecule has 0 saturated carbocycles. The monoisotopic (exact) mass is 274 g/mol. The van der Waals surface area contributed by atoms with Crippen LogP contribution in [0.1, 0.15) is 34.1 Å². The van der Waals surface area contributed by atoms with Crippen molar-refractivity contribution in [3.8, 4) is 0 Å². The molecule has 1 fully saturated rings. The van der Waals surface area contributed by atoms with Crippen LogP contribution in [0.25, 0.3) is 0 Å². The molecule has 19 heavy (non-hydrogen) atoms. The molecule has 0 spiro atoms. The summed E-state index contributed by atoms with van der Waals surface area (Å²) in [6, 6.07) is 0. The first-order valence-electron chi connectivity index (χ1n) is 6.28. The van der Waals surface area contributed by atoms with Gasteiger partial charge in [-0.15, -0.1) is 11.3 Å². The smallest absolute Gasteiger partial charge is 0.257 e. The van der Waals surface area contributed by atoms with Crippen molar-refractivity contribution in [1.82, 2.24) is 19.9 Å². The molecule has 98 valence electrons. The third kappa shape index (κ3) is 2.63. The van der Waals surface area contributed by atoms with Gasteiger partial charge in [-0.05, 0) is 12.8 Å². The number of carbonyl (C=O) groups excluding carboxylic acids is 1. The molecule has 0 unspecified atom stereocenters. The minimum absolute atomic E-state index is 0.0156. The summed E-state index contributed by atoms with van der Waals surface area (Å²) in [6.45, 7) is 1.54. The number of carbonyl (C=O) groups is 1. The summed E-state index contributed by atoms with van der Waals surface area (Å²) in [5.74, 6) is 0.379. The van der Waals surface area contributed by atoms with Gasteiger partial charge in [0.15, 0.2) is 0 Å². The molecule has 1 atom stereocenters. The Morgan fingerprint density at radius 1 is 1.37 bits per heavy atom. The second-order valence-corrected chi connectivity index (χ2v) is 5.51. The van der Waals surface area contributed by atoms with E-state index in [0.717, 1.165) is 30.9 Å². The van der Waals surface area contributed by atoms with Gasteiger partial charge in [-0.3, -0.25) is 4.79 Å². The number of hydrogen-bond acceptors (Lipinski definition) is 5. The van der Waals surface area contributed by atoms with Crippen LogP contribution in [-0.4, -0.2) is 38.8 Å². The molecule has 1 aliphatic heterocycles. The molecule has 3 heterocycles. The molecule has 0 aliphatic carbocycles. The van der Waals surface area contributed by atoms with Gasteiger partial charge >= 0.3 is 0 Å². The van der Waals surface area contributed by atoms with E-state index in [1.54, 1.807) is 23.7 Å². The van der Waals surface area contributed by atoms with E-state index in [0.29, 0.717) is 11.5 Å². The third-order valence-corrected chi connectivity index (χ3v) is 4.25. The van der Waals surface area contributed by atoms with Crippen LogP contribution in [0.3, 0.4) is 0 Å². The van der Waals surface area contributed by atoms with Crippen molar-refractivity contribution in [3.63, 3.8) is 0 Å². The largest absolute Gasteiger partial charge is 0.338 e. The molecule has 0 bridgehead atoms. The van der Waals surface area contributed by atoms with Crippen molar-refractivity contribution in [2.75, 3.05) is 13.1 Å². The quantitative estimate of drug-likeness (QED) is 0.840. The number of rotatable bonds is 2. The average molecular weight is 274 g/mol. The van der Waals surface area contributed by atoms with Gasteiger partial charge in [0.25, 0.3) is 5.91 Å². The van der Waals surface area contributed by atoms with Gasteiger partial charge in [-0.2, -0.15) is 0 Å². The van der Waals surface area contributed by atoms with E-state index in [2.05, 4.69) is 15.0 Å². The fourth-order valence-corrected chi connectivity index (χ4v) is 3.16. The van der Waals surface area contributed by atoms with Gasteiger partial charge in [-0.1, -0.05) is 0 Å². The normalized spacial score (nSPS) is 19.4. The van der Waals surface area contributed by atoms with Crippen LogP contribution in [0.15, 0.2) is 30.3 Å². The van der Waals surface area contributed by atoms with E-state index in [-0.39, 0.29) is 5.91 Å². The summed E-state index contributed by atoms with van der Waals surface area (Å²) in [4.78, 5) is 26.4. The van der Waals surface area contributed by atoms with E-state index in [9.17, 15) is 4.79 Å². The summed E-state index contributed by atoms with van der Waals surface area (Å²) < 4.78 is 0. The van der Waals surface area contributed by atoms with E-state index >= 15 is 0 Å². The number of amides is 1. The van der Waals surface area contributed by atoms with E-state index in [1.165, 1.54) is 6.33 Å². The highest BCUT2D eigenvalue weighted by atomic mass is 32.1. The van der Waals surface area contributed by atoms with Gasteiger partial charge in [0.05, 0.1) is 10.6 Å². The molecule has 2 aromatic heterocycles. The topological polar surface area (TPSA) is 59.0 Å². The summed E-state index contributed by atoms with van der Waals surface area (Å²) in [7, 11) is 0. The fourth-order valence-electron chi connectivity index (χ4n) is 2.39. The lowest BCUT2D eigenvalue weighted by Crippen LogP contribution is -2.39. The standard InChI is InChI=1S/C13H14N4OS/c18-13(11-6-14-9-15-7-11)17-4-1-2-10(8-17)12-16-3-5-19-12/h3,5-7,9-10H,1-2,4,8H2/t10-/m0/s1. The van der Waals surface area contributed by atoms with Crippen LogP contribution in [0.2, 0.25) is 0 Å². The van der Waals surface area contributed by atoms with Crippen LogP contribution >= 0.6 is 11.3 Å². The Hall–Kier alpha value is -1.82. The lowest BCUT2D eigenvalue weighted by Gasteiger charge is -2.31. The first kappa shape index (κ1) is 12.2. The predicted octanol–water partition coefficient (Wildman–Crippen LogP) is 1.95. The van der Waals surface area contributed by atoms with Crippen LogP contribution < -0.4 is 0 Å². The molecule has 2 aromatic rings. The average Bonchev–Trinajstić information content (AvgIpc) is 3.02. The predicted molar refractivity (Wildman–Crippen MR) is 72.0 cm³/mol. The second kappa shape index (κ2) is 5.44. The van der Waals surface area contributed by atoms with Crippen molar-refractivity contribution in [2.24, 2.45) is 0 Å². The number of likely N-dealkylation sites (tertiary alicyclic amines) is 1. The highest BCUT2D eigenvalue weighted by molar-refractivity contribution is 7.09. The lowest BCUT2D eigenvalue weighted by atomic mass is 9.98. The molecule has 5 nitrogen and oxygen atoms in total. The van der Waals surface area contributed by atoms with Gasteiger partial charge in [0, 0.05) is 43.0 Å². The maximum Gasteiger partial charge on any atom is 0.257 e. The Labute approximate surface area is 115 Å². The van der Waals surface area contributed by atoms with Crippen molar-refractivity contribution in [2.45, 2.75) is 18.8 Å². The minimum atomic E-state index is 0.0156. The SMILES string of the molecule is O=C(c1cncnc1)N1CCC[C@H](c2nccs2)C1. The maximum atomic E-state index is 12.3. The summed E-state index contributed by atoms with van der Waals surface area (Å²) in [5, 5.41) is 3.11. The summed E-state index contributed by atoms with van der Waals surface area (Å²) in [5.41, 5.74) is 0.558. The van der Waals surface area contributed by atoms with Crippen LogP contribution in [0, 0.1) is 0 Å². The van der Waals surface area contributed by atoms with Crippen molar-refractivity contribution in [3.05, 3.63) is 40.9 Å². The Bertz CT molecular complexity index is 543. The van der Waals surface area contributed by atoms with Crippen molar-refractivity contribution in [1.29, 1.82) is 0 Å². The van der Waals surface area contributed by atoms with E-state index < -0.39 is 0 Å². The number of piperidine rings is 1. The molecular weight excluding hydrogens is 260 g/mol. The molecule has 0 N–H and O–H groups in total. The first-order valence-corrected chi connectivity index (χ1v) is 7.16. The third-order valence-electron chi connectivity index (χ3n) is 3.32. The fraction of sp³-hybridized carbons (Fsp3) is 0.385. The van der Waals surface area contributed by atoms with Crippen LogP contribution in [-0.2, 0) is 0 Å². The van der Waals surface area contributed by atoms with Gasteiger partial charge in [0.1, 0.15) is 6.33 Å². The van der Waals surface area contributed by atoms with Gasteiger partial charge in [-0.25, -0.2) is 15.0 Å². The number of nitrogens with zero attached hydrogens (tertiary/aromatic N) is 4. The Kier molecular flexibility index (Phi) is 3.50. The Morgan fingerprint density at radius 2 is 2.21 bits per heavy atom. The molecule has 0 aromatic carbocycles. The maximum absolute atomic E-state index is 12.3. The van der Waals surface area contributed by atoms with Crippen molar-refractivity contribution < 1.29 is 4.79 Å². The van der Waals surface area contributed by atoms with Crippen molar-refractivity contribution >= 4 is 17.2 Å². The number of hydrogen-bond donors (Lipinski definition) is 0. The highest BCUT2D eigenvalue weighted by Crippen LogP contribution is 2.28. The molecule has 6 heteroatoms. The lowest BCUT2D eigenvalue weighted by molar-refractivity contribution is 0.0706. The molecule has 1 saturated heterocycles. The Balaban J connectivity index is 1.73. The summed E-state index contributed by atoms with van der Waals surface area (Å²) >= 11 is 1.67. The number of aromatic nitrogens is 3. The molecular formula is C13H14N4OS. The van der Waals surface area contributed by atoms with E-state index in [1.807, 2.05) is 16.5 Å².